The first-order valence-electron chi connectivity index (χ1n) is 7.80. The van der Waals surface area contributed by atoms with E-state index in [1.165, 1.54) is 11.9 Å². The van der Waals surface area contributed by atoms with E-state index in [0.717, 1.165) is 10.5 Å². The van der Waals surface area contributed by atoms with Gasteiger partial charge in [0.2, 0.25) is 5.91 Å². The molecule has 2 amide bonds. The molecule has 0 radical (unpaired) electrons. The van der Waals surface area contributed by atoms with Gasteiger partial charge in [-0.05, 0) is 30.7 Å². The van der Waals surface area contributed by atoms with Gasteiger partial charge in [-0.3, -0.25) is 14.5 Å². The molecule has 2 heterocycles. The molecule has 128 valence electrons. The molecule has 0 aliphatic carbocycles. The number of rotatable bonds is 1. The zero-order chi connectivity index (χ0) is 18.0. The van der Waals surface area contributed by atoms with Crippen molar-refractivity contribution in [1.82, 2.24) is 0 Å². The number of carbonyl (C=O) groups is 2. The third-order valence-electron chi connectivity index (χ3n) is 4.81. The lowest BCUT2D eigenvalue weighted by molar-refractivity contribution is -0.123. The maximum Gasteiger partial charge on any atom is 0.273 e. The Balaban J connectivity index is 2.09. The predicted molar refractivity (Wildman–Crippen MR) is 94.0 cm³/mol. The van der Waals surface area contributed by atoms with Crippen LogP contribution in [0.25, 0.3) is 0 Å². The molecule has 0 bridgehead atoms. The number of anilines is 2. The Morgan fingerprint density at radius 1 is 1.04 bits per heavy atom. The number of hydrogen-bond donors (Lipinski definition) is 0. The fourth-order valence-electron chi connectivity index (χ4n) is 3.76. The normalized spacial score (nSPS) is 24.2. The van der Waals surface area contributed by atoms with Crippen molar-refractivity contribution in [3.05, 3.63) is 59.7 Å². The number of sulfone groups is 1. The van der Waals surface area contributed by atoms with Gasteiger partial charge in [0.1, 0.15) is 5.75 Å². The van der Waals surface area contributed by atoms with Gasteiger partial charge in [0, 0.05) is 18.3 Å². The Labute approximate surface area is 145 Å². The molecule has 1 spiro atoms. The molecule has 25 heavy (non-hydrogen) atoms. The topological polar surface area (TPSA) is 74.8 Å². The summed E-state index contributed by atoms with van der Waals surface area (Å²) in [6.07, 6.45) is 0. The molecule has 1 atom stereocenters. The van der Waals surface area contributed by atoms with Gasteiger partial charge >= 0.3 is 0 Å². The highest BCUT2D eigenvalue weighted by atomic mass is 32.2. The van der Waals surface area contributed by atoms with Gasteiger partial charge in [-0.2, -0.15) is 0 Å². The summed E-state index contributed by atoms with van der Waals surface area (Å²) < 4.78 is 26.1. The van der Waals surface area contributed by atoms with Crippen molar-refractivity contribution in [2.24, 2.45) is 0 Å². The first-order valence-corrected chi connectivity index (χ1v) is 9.45. The molecule has 0 saturated carbocycles. The highest BCUT2D eigenvalue weighted by molar-refractivity contribution is 7.94. The number of nitrogens with zero attached hydrogens (tertiary/aromatic N) is 2. The van der Waals surface area contributed by atoms with Gasteiger partial charge in [0.05, 0.1) is 5.69 Å². The van der Waals surface area contributed by atoms with Crippen LogP contribution in [-0.4, -0.2) is 33.0 Å². The molecule has 1 saturated heterocycles. The zero-order valence-corrected chi connectivity index (χ0v) is 14.6. The lowest BCUT2D eigenvalue weighted by Crippen LogP contribution is -2.53. The summed E-state index contributed by atoms with van der Waals surface area (Å²) in [6, 6.07) is 13.7. The number of likely N-dealkylation sites (N-methyl/N-ethyl adjacent to an activating group) is 1. The monoisotopic (exact) mass is 356 g/mol. The molecule has 2 aliphatic rings. The minimum atomic E-state index is -4.06. The van der Waals surface area contributed by atoms with Crippen LogP contribution in [0.3, 0.4) is 0 Å². The minimum absolute atomic E-state index is 0.329. The van der Waals surface area contributed by atoms with Crippen LogP contribution in [0.4, 0.5) is 11.4 Å². The van der Waals surface area contributed by atoms with Crippen molar-refractivity contribution in [3.63, 3.8) is 0 Å². The van der Waals surface area contributed by atoms with Crippen molar-refractivity contribution in [2.45, 2.75) is 11.8 Å². The molecule has 2 aromatic carbocycles. The number of aryl methyl sites for hydroxylation is 1. The average molecular weight is 356 g/mol. The Kier molecular flexibility index (Phi) is 3.12. The van der Waals surface area contributed by atoms with Crippen molar-refractivity contribution in [3.8, 4) is 0 Å². The molecule has 7 heteroatoms. The minimum Gasteiger partial charge on any atom is -0.312 e. The molecule has 0 N–H and O–H groups in total. The Morgan fingerprint density at radius 2 is 1.76 bits per heavy atom. The van der Waals surface area contributed by atoms with Crippen LogP contribution in [0, 0.1) is 6.92 Å². The van der Waals surface area contributed by atoms with E-state index in [1.54, 1.807) is 42.5 Å². The Morgan fingerprint density at radius 3 is 2.48 bits per heavy atom. The summed E-state index contributed by atoms with van der Waals surface area (Å²) in [5.74, 6) is -1.90. The van der Waals surface area contributed by atoms with Crippen LogP contribution in [0.5, 0.6) is 0 Å². The maximum atomic E-state index is 13.2. The summed E-state index contributed by atoms with van der Waals surface area (Å²) >= 11 is 0. The summed E-state index contributed by atoms with van der Waals surface area (Å²) in [4.78, 5) is 26.3. The lowest BCUT2D eigenvalue weighted by Gasteiger charge is -2.32. The average Bonchev–Trinajstić information content (AvgIpc) is 2.92. The summed E-state index contributed by atoms with van der Waals surface area (Å²) in [7, 11) is -2.53. The summed E-state index contributed by atoms with van der Waals surface area (Å²) in [5, 5.41) is 0. The van der Waals surface area contributed by atoms with Crippen molar-refractivity contribution in [2.75, 3.05) is 22.6 Å². The molecule has 0 aromatic heterocycles. The van der Waals surface area contributed by atoms with E-state index >= 15 is 0 Å². The Bertz CT molecular complexity index is 1030. The number of para-hydroxylation sites is 1. The van der Waals surface area contributed by atoms with Crippen molar-refractivity contribution < 1.29 is 18.0 Å². The Hall–Kier alpha value is -2.67. The molecular weight excluding hydrogens is 340 g/mol. The van der Waals surface area contributed by atoms with Crippen molar-refractivity contribution >= 4 is 33.0 Å². The van der Waals surface area contributed by atoms with Crippen molar-refractivity contribution in [1.29, 1.82) is 0 Å². The molecular formula is C18H16N2O4S. The van der Waals surface area contributed by atoms with Crippen LogP contribution < -0.4 is 9.80 Å². The van der Waals surface area contributed by atoms with E-state index in [1.807, 2.05) is 13.0 Å². The van der Waals surface area contributed by atoms with Crippen LogP contribution in [0.2, 0.25) is 0 Å². The number of carbonyl (C=O) groups excluding carboxylic acids is 2. The van der Waals surface area contributed by atoms with Gasteiger partial charge in [-0.15, -0.1) is 0 Å². The van der Waals surface area contributed by atoms with Gasteiger partial charge in [0.25, 0.3) is 10.8 Å². The SMILES string of the molecule is Cc1cccc(N2C(=O)CS(=O)(=O)[C@]23C(=O)N(C)c2ccccc23)c1. The molecule has 1 fully saturated rings. The molecule has 6 nitrogen and oxygen atoms in total. The first kappa shape index (κ1) is 15.8. The van der Waals surface area contributed by atoms with E-state index in [0.29, 0.717) is 16.9 Å². The second-order valence-electron chi connectivity index (χ2n) is 6.35. The van der Waals surface area contributed by atoms with Gasteiger partial charge in [-0.1, -0.05) is 30.3 Å². The number of amides is 2. The van der Waals surface area contributed by atoms with E-state index < -0.39 is 32.3 Å². The second kappa shape index (κ2) is 4.92. The van der Waals surface area contributed by atoms with E-state index in [9.17, 15) is 18.0 Å². The smallest absolute Gasteiger partial charge is 0.273 e. The van der Waals surface area contributed by atoms with E-state index in [2.05, 4.69) is 0 Å². The maximum absolute atomic E-state index is 13.2. The van der Waals surface area contributed by atoms with Gasteiger partial charge < -0.3 is 4.90 Å². The van der Waals surface area contributed by atoms with Crippen LogP contribution >= 0.6 is 0 Å². The fourth-order valence-corrected chi connectivity index (χ4v) is 5.82. The van der Waals surface area contributed by atoms with Gasteiger partial charge in [-0.25, -0.2) is 8.42 Å². The van der Waals surface area contributed by atoms with Crippen LogP contribution in [-0.2, 0) is 24.3 Å². The third-order valence-corrected chi connectivity index (χ3v) is 6.92. The highest BCUT2D eigenvalue weighted by Gasteiger charge is 2.69. The molecule has 4 rings (SSSR count). The standard InChI is InChI=1S/C18H16N2O4S/c1-12-6-5-7-13(10-12)20-16(21)11-25(23,24)18(20)14-8-3-4-9-15(14)19(2)17(18)22/h3-10H,11H2,1-2H3/t18-/m1/s1. The van der Waals surface area contributed by atoms with Crippen LogP contribution in [0.15, 0.2) is 48.5 Å². The van der Waals surface area contributed by atoms with E-state index in [4.69, 9.17) is 0 Å². The van der Waals surface area contributed by atoms with Gasteiger partial charge in [0.15, 0.2) is 9.84 Å². The predicted octanol–water partition coefficient (Wildman–Crippen LogP) is 1.59. The first-order chi connectivity index (χ1) is 11.8. The highest BCUT2D eigenvalue weighted by Crippen LogP contribution is 2.51. The molecule has 2 aliphatic heterocycles. The van der Waals surface area contributed by atoms with E-state index in [-0.39, 0.29) is 0 Å². The largest absolute Gasteiger partial charge is 0.312 e. The zero-order valence-electron chi connectivity index (χ0n) is 13.8. The summed E-state index contributed by atoms with van der Waals surface area (Å²) in [5.41, 5.74) is 2.11. The number of fused-ring (bicyclic) bond motifs is 2. The fraction of sp³-hybridized carbons (Fsp3) is 0.222. The van der Waals surface area contributed by atoms with Crippen LogP contribution in [0.1, 0.15) is 11.1 Å². The quantitative estimate of drug-likeness (QED) is 0.778. The number of benzene rings is 2. The summed E-state index contributed by atoms with van der Waals surface area (Å²) in [6.45, 7) is 1.85. The number of hydrogen-bond acceptors (Lipinski definition) is 4. The lowest BCUT2D eigenvalue weighted by atomic mass is 10.0. The molecule has 0 unspecified atom stereocenters. The molecule has 2 aromatic rings. The second-order valence-corrected chi connectivity index (χ2v) is 8.46. The third kappa shape index (κ3) is 1.81.